The molecule has 0 saturated heterocycles. The van der Waals surface area contributed by atoms with Crippen LogP contribution < -0.4 is 0 Å². The van der Waals surface area contributed by atoms with Crippen molar-refractivity contribution in [2.45, 2.75) is 116 Å². The summed E-state index contributed by atoms with van der Waals surface area (Å²) in [7, 11) is 4.79. The number of benzene rings is 1. The molecule has 29 heavy (non-hydrogen) atoms. The van der Waals surface area contributed by atoms with Crippen molar-refractivity contribution in [1.82, 2.24) is 0 Å². The average molecular weight is 403 g/mol. The maximum absolute atomic E-state index is 2.40. The summed E-state index contributed by atoms with van der Waals surface area (Å²) in [5.74, 6) is 0. The molecule has 0 fully saturated rings. The Hall–Kier alpha value is -0.820. The van der Waals surface area contributed by atoms with Gasteiger partial charge in [0, 0.05) is 6.42 Å². The summed E-state index contributed by atoms with van der Waals surface area (Å²) in [6, 6.07) is 10.9. The van der Waals surface area contributed by atoms with Crippen LogP contribution in [0.25, 0.3) is 0 Å². The smallest absolute Gasteiger partial charge is 0.0823 e. The van der Waals surface area contributed by atoms with Crippen LogP contribution in [0.2, 0.25) is 0 Å². The highest BCUT2D eigenvalue weighted by molar-refractivity contribution is 5.14. The van der Waals surface area contributed by atoms with Crippen molar-refractivity contribution in [2.24, 2.45) is 0 Å². The normalized spacial score (nSPS) is 11.8. The summed E-state index contributed by atoms with van der Waals surface area (Å²) in [4.78, 5) is 0. The van der Waals surface area contributed by atoms with Gasteiger partial charge in [-0.05, 0) is 18.4 Å². The molecule has 0 unspecified atom stereocenters. The molecular formula is C28H52N+. The molecule has 0 aromatic heterocycles. The van der Waals surface area contributed by atoms with Crippen molar-refractivity contribution in [1.29, 1.82) is 0 Å². The molecule has 1 heteroatoms. The zero-order valence-electron chi connectivity index (χ0n) is 20.3. The monoisotopic (exact) mass is 402 g/mol. The predicted molar refractivity (Wildman–Crippen MR) is 132 cm³/mol. The molecule has 0 radical (unpaired) electrons. The van der Waals surface area contributed by atoms with Gasteiger partial charge in [-0.2, -0.15) is 0 Å². The number of rotatable bonds is 20. The number of unbranched alkanes of at least 4 members (excludes halogenated alkanes) is 15. The van der Waals surface area contributed by atoms with Crippen LogP contribution in [0.3, 0.4) is 0 Å². The third-order valence-corrected chi connectivity index (χ3v) is 6.47. The minimum Gasteiger partial charge on any atom is -0.328 e. The summed E-state index contributed by atoms with van der Waals surface area (Å²) in [5.41, 5.74) is 1.48. The summed E-state index contributed by atoms with van der Waals surface area (Å²) in [6.07, 6.45) is 24.4. The van der Waals surface area contributed by atoms with Gasteiger partial charge in [-0.15, -0.1) is 0 Å². The number of likely N-dealkylation sites (N-methyl/N-ethyl adjacent to an activating group) is 1. The first kappa shape index (κ1) is 26.2. The van der Waals surface area contributed by atoms with E-state index in [1.807, 2.05) is 0 Å². The lowest BCUT2D eigenvalue weighted by atomic mass is 10.0. The van der Waals surface area contributed by atoms with Crippen LogP contribution in [-0.4, -0.2) is 31.7 Å². The lowest BCUT2D eigenvalue weighted by Gasteiger charge is -2.30. The first-order valence-corrected chi connectivity index (χ1v) is 13.0. The molecule has 0 aliphatic heterocycles. The van der Waals surface area contributed by atoms with Crippen LogP contribution in [0.4, 0.5) is 0 Å². The van der Waals surface area contributed by atoms with Gasteiger partial charge in [-0.3, -0.25) is 0 Å². The third kappa shape index (κ3) is 16.6. The van der Waals surface area contributed by atoms with Crippen molar-refractivity contribution >= 4 is 0 Å². The molecule has 168 valence electrons. The van der Waals surface area contributed by atoms with E-state index >= 15 is 0 Å². The van der Waals surface area contributed by atoms with Gasteiger partial charge in [0.1, 0.15) is 0 Å². The van der Waals surface area contributed by atoms with Crippen molar-refractivity contribution in [3.05, 3.63) is 35.9 Å². The predicted octanol–water partition coefficient (Wildman–Crippen LogP) is 8.57. The van der Waals surface area contributed by atoms with E-state index in [0.717, 1.165) is 4.48 Å². The Labute approximate surface area is 183 Å². The summed E-state index contributed by atoms with van der Waals surface area (Å²) < 4.78 is 1.16. The Balaban J connectivity index is 1.82. The van der Waals surface area contributed by atoms with Crippen LogP contribution >= 0.6 is 0 Å². The van der Waals surface area contributed by atoms with Crippen LogP contribution in [0.1, 0.15) is 115 Å². The number of hydrogen-bond acceptors (Lipinski definition) is 0. The van der Waals surface area contributed by atoms with Crippen molar-refractivity contribution < 1.29 is 4.48 Å². The van der Waals surface area contributed by atoms with E-state index in [-0.39, 0.29) is 0 Å². The van der Waals surface area contributed by atoms with Gasteiger partial charge in [0.05, 0.1) is 27.2 Å². The maximum Gasteiger partial charge on any atom is 0.0823 e. The fraction of sp³-hybridized carbons (Fsp3) is 0.786. The Morgan fingerprint density at radius 1 is 0.517 bits per heavy atom. The van der Waals surface area contributed by atoms with E-state index < -0.39 is 0 Å². The van der Waals surface area contributed by atoms with Crippen LogP contribution in [0.15, 0.2) is 30.3 Å². The Morgan fingerprint density at radius 3 is 1.38 bits per heavy atom. The molecule has 0 bridgehead atoms. The number of nitrogens with zero attached hydrogens (tertiary/aromatic N) is 1. The molecule has 0 spiro atoms. The first-order valence-electron chi connectivity index (χ1n) is 13.0. The first-order chi connectivity index (χ1) is 14.1. The van der Waals surface area contributed by atoms with Crippen LogP contribution in [-0.2, 0) is 6.42 Å². The molecule has 0 aliphatic carbocycles. The van der Waals surface area contributed by atoms with Gasteiger partial charge >= 0.3 is 0 Å². The van der Waals surface area contributed by atoms with E-state index in [1.54, 1.807) is 0 Å². The molecule has 1 rings (SSSR count). The minimum atomic E-state index is 1.16. The van der Waals surface area contributed by atoms with E-state index in [0.29, 0.717) is 0 Å². The maximum atomic E-state index is 2.40. The standard InChI is InChI=1S/C28H52N/c1-4-5-6-7-8-9-10-11-12-13-14-15-16-17-18-22-26-29(2,3)27-25-28-23-20-19-21-24-28/h19-21,23-24H,4-18,22,25-27H2,1-3H3/q+1. The fourth-order valence-electron chi connectivity index (χ4n) is 4.28. The Morgan fingerprint density at radius 2 is 0.931 bits per heavy atom. The average Bonchev–Trinajstić information content (AvgIpc) is 2.73. The highest BCUT2D eigenvalue weighted by Crippen LogP contribution is 2.14. The van der Waals surface area contributed by atoms with Crippen molar-refractivity contribution in [3.63, 3.8) is 0 Å². The van der Waals surface area contributed by atoms with E-state index in [1.165, 1.54) is 128 Å². The lowest BCUT2D eigenvalue weighted by Crippen LogP contribution is -2.42. The molecule has 0 amide bonds. The molecule has 1 nitrogen and oxygen atoms in total. The summed E-state index contributed by atoms with van der Waals surface area (Å²) in [6.45, 7) is 4.88. The number of hydrogen-bond donors (Lipinski definition) is 0. The van der Waals surface area contributed by atoms with Crippen molar-refractivity contribution in [3.8, 4) is 0 Å². The van der Waals surface area contributed by atoms with Gasteiger partial charge in [0.2, 0.25) is 0 Å². The molecule has 0 aliphatic rings. The summed E-state index contributed by atoms with van der Waals surface area (Å²) >= 11 is 0. The third-order valence-electron chi connectivity index (χ3n) is 6.47. The number of quaternary nitrogens is 1. The zero-order valence-corrected chi connectivity index (χ0v) is 20.3. The topological polar surface area (TPSA) is 0 Å². The molecule has 1 aromatic carbocycles. The zero-order chi connectivity index (χ0) is 21.0. The van der Waals surface area contributed by atoms with Gasteiger partial charge in [-0.25, -0.2) is 0 Å². The van der Waals surface area contributed by atoms with Gasteiger partial charge < -0.3 is 4.48 Å². The fourth-order valence-corrected chi connectivity index (χ4v) is 4.28. The van der Waals surface area contributed by atoms with Gasteiger partial charge in [0.25, 0.3) is 0 Å². The van der Waals surface area contributed by atoms with E-state index in [4.69, 9.17) is 0 Å². The van der Waals surface area contributed by atoms with E-state index in [9.17, 15) is 0 Å². The Kier molecular flexibility index (Phi) is 16.3. The molecule has 0 saturated carbocycles. The van der Waals surface area contributed by atoms with Gasteiger partial charge in [0.15, 0.2) is 0 Å². The highest BCUT2D eigenvalue weighted by atomic mass is 15.3. The second-order valence-corrected chi connectivity index (χ2v) is 9.92. The van der Waals surface area contributed by atoms with E-state index in [2.05, 4.69) is 51.4 Å². The SMILES string of the molecule is CCCCCCCCCCCCCCCCCC[N+](C)(C)CCc1ccccc1. The molecular weight excluding hydrogens is 350 g/mol. The van der Waals surface area contributed by atoms with Crippen LogP contribution in [0.5, 0.6) is 0 Å². The highest BCUT2D eigenvalue weighted by Gasteiger charge is 2.14. The quantitative estimate of drug-likeness (QED) is 0.151. The largest absolute Gasteiger partial charge is 0.328 e. The molecule has 0 N–H and O–H groups in total. The summed E-state index contributed by atoms with van der Waals surface area (Å²) in [5, 5.41) is 0. The second kappa shape index (κ2) is 18.0. The molecule has 1 aromatic rings. The molecule has 0 atom stereocenters. The van der Waals surface area contributed by atoms with Gasteiger partial charge in [-0.1, -0.05) is 127 Å². The molecule has 0 heterocycles. The van der Waals surface area contributed by atoms with Crippen molar-refractivity contribution in [2.75, 3.05) is 27.2 Å². The minimum absolute atomic E-state index is 1.16. The second-order valence-electron chi connectivity index (χ2n) is 9.92. The Bertz CT molecular complexity index is 451. The van der Waals surface area contributed by atoms with Crippen LogP contribution in [0, 0.1) is 0 Å². The lowest BCUT2D eigenvalue weighted by molar-refractivity contribution is -0.890.